The van der Waals surface area contributed by atoms with E-state index in [0.29, 0.717) is 37.8 Å². The van der Waals surface area contributed by atoms with Crippen LogP contribution in [0.5, 0.6) is 5.75 Å². The van der Waals surface area contributed by atoms with E-state index in [0.717, 1.165) is 11.1 Å². The van der Waals surface area contributed by atoms with Crippen LogP contribution in [0.25, 0.3) is 11.4 Å². The Hall–Kier alpha value is -4.67. The van der Waals surface area contributed by atoms with Crippen molar-refractivity contribution < 1.29 is 24.2 Å². The van der Waals surface area contributed by atoms with Gasteiger partial charge in [0.05, 0.1) is 6.61 Å². The predicted octanol–water partition coefficient (Wildman–Crippen LogP) is 3.31. The monoisotopic (exact) mass is 560 g/mol. The van der Waals surface area contributed by atoms with Crippen molar-refractivity contribution in [2.75, 3.05) is 38.1 Å². The Morgan fingerprint density at radius 2 is 1.61 bits per heavy atom. The van der Waals surface area contributed by atoms with Gasteiger partial charge in [-0.25, -0.2) is 14.8 Å². The number of ether oxygens (including phenoxy) is 1. The second-order valence-corrected chi connectivity index (χ2v) is 10.0. The number of aromatic nitrogens is 2. The quantitative estimate of drug-likeness (QED) is 0.363. The molecule has 1 fully saturated rings. The summed E-state index contributed by atoms with van der Waals surface area (Å²) in [7, 11) is 0. The maximum absolute atomic E-state index is 13.7. The zero-order valence-corrected chi connectivity index (χ0v) is 23.5. The number of hydrogen-bond donors (Lipinski definition) is 3. The molecular weight excluding hydrogens is 524 g/mol. The lowest BCUT2D eigenvalue weighted by molar-refractivity contribution is -0.134. The number of aromatic hydroxyl groups is 1. The maximum atomic E-state index is 13.7. The molecule has 2 heterocycles. The molecule has 1 atom stereocenters. The Bertz CT molecular complexity index is 1340. The number of phenols is 1. The van der Waals surface area contributed by atoms with Gasteiger partial charge in [0.25, 0.3) is 5.91 Å². The Morgan fingerprint density at radius 1 is 0.951 bits per heavy atom. The Kier molecular flexibility index (Phi) is 9.73. The summed E-state index contributed by atoms with van der Waals surface area (Å²) in [5, 5.41) is 15.8. The molecule has 0 aliphatic carbocycles. The summed E-state index contributed by atoms with van der Waals surface area (Å²) >= 11 is 0. The molecule has 0 bridgehead atoms. The van der Waals surface area contributed by atoms with Crippen molar-refractivity contribution in [2.45, 2.75) is 39.3 Å². The van der Waals surface area contributed by atoms with Gasteiger partial charge >= 0.3 is 6.09 Å². The zero-order chi connectivity index (χ0) is 29.4. The summed E-state index contributed by atoms with van der Waals surface area (Å²) in [6.07, 6.45) is -0.200. The number of phenolic OH excluding ortho intramolecular Hbond substituents is 1. The Balaban J connectivity index is 1.58. The first-order chi connectivity index (χ1) is 19.7. The number of anilines is 1. The molecule has 0 spiro atoms. The molecule has 1 aliphatic rings. The number of nitrogens with one attached hydrogen (secondary N) is 2. The van der Waals surface area contributed by atoms with Crippen LogP contribution >= 0.6 is 0 Å². The molecule has 0 saturated carbocycles. The van der Waals surface area contributed by atoms with Gasteiger partial charge in [0.1, 0.15) is 23.3 Å². The van der Waals surface area contributed by atoms with Crippen LogP contribution in [0.15, 0.2) is 60.7 Å². The summed E-state index contributed by atoms with van der Waals surface area (Å²) < 4.78 is 5.08. The van der Waals surface area contributed by atoms with Gasteiger partial charge in [-0.05, 0) is 38.5 Å². The average Bonchev–Trinajstić information content (AvgIpc) is 2.97. The van der Waals surface area contributed by atoms with Crippen LogP contribution < -0.4 is 10.6 Å². The first-order valence-corrected chi connectivity index (χ1v) is 13.7. The standard InChI is InChI=1S/C30H36N6O5/c1-4-41-30(40)36-16-14-35(15-17-36)29(39)25(18-21-10-12-23(37)13-11-21)33-28(38)24-19-26(31-20(2)3)34-27(32-24)22-8-6-5-7-9-22/h5-13,19-20,25,37H,4,14-18H2,1-3H3,(H,33,38)(H,31,32,34)/t25-/m0/s1. The molecule has 11 heteroatoms. The molecule has 216 valence electrons. The highest BCUT2D eigenvalue weighted by Gasteiger charge is 2.31. The second-order valence-electron chi connectivity index (χ2n) is 10.0. The molecule has 41 heavy (non-hydrogen) atoms. The van der Waals surface area contributed by atoms with E-state index in [-0.39, 0.29) is 36.4 Å². The smallest absolute Gasteiger partial charge is 0.409 e. The Labute approximate surface area is 239 Å². The third-order valence-corrected chi connectivity index (χ3v) is 6.52. The molecule has 11 nitrogen and oxygen atoms in total. The zero-order valence-electron chi connectivity index (χ0n) is 23.5. The highest BCUT2D eigenvalue weighted by Crippen LogP contribution is 2.19. The highest BCUT2D eigenvalue weighted by molar-refractivity contribution is 5.97. The number of amides is 3. The van der Waals surface area contributed by atoms with Gasteiger partial charge in [0.2, 0.25) is 5.91 Å². The average molecular weight is 561 g/mol. The van der Waals surface area contributed by atoms with E-state index in [1.807, 2.05) is 44.2 Å². The molecule has 1 saturated heterocycles. The Morgan fingerprint density at radius 3 is 2.24 bits per heavy atom. The minimum Gasteiger partial charge on any atom is -0.508 e. The van der Waals surface area contributed by atoms with Crippen LogP contribution in [0.3, 0.4) is 0 Å². The van der Waals surface area contributed by atoms with Crippen molar-refractivity contribution in [3.8, 4) is 17.1 Å². The van der Waals surface area contributed by atoms with E-state index >= 15 is 0 Å². The van der Waals surface area contributed by atoms with E-state index in [1.54, 1.807) is 34.9 Å². The molecule has 3 aromatic rings. The van der Waals surface area contributed by atoms with Crippen LogP contribution in [0.2, 0.25) is 0 Å². The molecule has 3 amide bonds. The number of carbonyl (C=O) groups excluding carboxylic acids is 3. The van der Waals surface area contributed by atoms with E-state index in [4.69, 9.17) is 4.74 Å². The summed E-state index contributed by atoms with van der Waals surface area (Å²) in [5.74, 6) is 0.204. The third kappa shape index (κ3) is 7.93. The van der Waals surface area contributed by atoms with E-state index < -0.39 is 18.0 Å². The lowest BCUT2D eigenvalue weighted by atomic mass is 10.0. The highest BCUT2D eigenvalue weighted by atomic mass is 16.6. The normalized spacial score (nSPS) is 14.0. The van der Waals surface area contributed by atoms with Crippen LogP contribution in [0, 0.1) is 0 Å². The van der Waals surface area contributed by atoms with Crippen molar-refractivity contribution >= 4 is 23.7 Å². The number of piperazine rings is 1. The number of hydrogen-bond acceptors (Lipinski definition) is 8. The van der Waals surface area contributed by atoms with Crippen LogP contribution in [0.4, 0.5) is 10.6 Å². The fourth-order valence-electron chi connectivity index (χ4n) is 4.49. The molecule has 2 aromatic carbocycles. The molecule has 1 aliphatic heterocycles. The largest absolute Gasteiger partial charge is 0.508 e. The van der Waals surface area contributed by atoms with Crippen molar-refractivity contribution in [3.63, 3.8) is 0 Å². The summed E-state index contributed by atoms with van der Waals surface area (Å²) in [5.41, 5.74) is 1.64. The molecule has 0 radical (unpaired) electrons. The minimum atomic E-state index is -0.905. The van der Waals surface area contributed by atoms with Gasteiger partial charge in [0, 0.05) is 50.3 Å². The van der Waals surface area contributed by atoms with Crippen molar-refractivity contribution in [1.29, 1.82) is 0 Å². The molecular formula is C30H36N6O5. The number of carbonyl (C=O) groups is 3. The fraction of sp³-hybridized carbons (Fsp3) is 0.367. The van der Waals surface area contributed by atoms with E-state index in [9.17, 15) is 19.5 Å². The lowest BCUT2D eigenvalue weighted by Gasteiger charge is -2.36. The molecule has 4 rings (SSSR count). The van der Waals surface area contributed by atoms with Crippen LogP contribution in [-0.2, 0) is 16.0 Å². The molecule has 0 unspecified atom stereocenters. The number of benzene rings is 2. The second kappa shape index (κ2) is 13.6. The lowest BCUT2D eigenvalue weighted by Crippen LogP contribution is -2.56. The third-order valence-electron chi connectivity index (χ3n) is 6.52. The predicted molar refractivity (Wildman–Crippen MR) is 154 cm³/mol. The van der Waals surface area contributed by atoms with Crippen LogP contribution in [-0.4, -0.2) is 87.7 Å². The fourth-order valence-corrected chi connectivity index (χ4v) is 4.49. The van der Waals surface area contributed by atoms with E-state index in [2.05, 4.69) is 20.6 Å². The summed E-state index contributed by atoms with van der Waals surface area (Å²) in [4.78, 5) is 51.8. The van der Waals surface area contributed by atoms with Crippen molar-refractivity contribution in [1.82, 2.24) is 25.1 Å². The number of nitrogens with zero attached hydrogens (tertiary/aromatic N) is 4. The molecule has 1 aromatic heterocycles. The van der Waals surface area contributed by atoms with Gasteiger partial charge in [-0.15, -0.1) is 0 Å². The number of rotatable bonds is 9. The van der Waals surface area contributed by atoms with Gasteiger partial charge < -0.3 is 30.3 Å². The van der Waals surface area contributed by atoms with Crippen molar-refractivity contribution in [3.05, 3.63) is 71.9 Å². The topological polar surface area (TPSA) is 137 Å². The van der Waals surface area contributed by atoms with Gasteiger partial charge in [-0.3, -0.25) is 9.59 Å². The van der Waals surface area contributed by atoms with E-state index in [1.165, 1.54) is 12.1 Å². The molecule has 3 N–H and O–H groups in total. The summed E-state index contributed by atoms with van der Waals surface area (Å²) in [6, 6.07) is 16.6. The summed E-state index contributed by atoms with van der Waals surface area (Å²) in [6.45, 7) is 7.26. The first-order valence-electron chi connectivity index (χ1n) is 13.7. The SMILES string of the molecule is CCOC(=O)N1CCN(C(=O)[C@H](Cc2ccc(O)cc2)NC(=O)c2cc(NC(C)C)nc(-c3ccccc3)n2)CC1. The van der Waals surface area contributed by atoms with Crippen LogP contribution in [0.1, 0.15) is 36.8 Å². The maximum Gasteiger partial charge on any atom is 0.409 e. The van der Waals surface area contributed by atoms with Crippen molar-refractivity contribution in [2.24, 2.45) is 0 Å². The van der Waals surface area contributed by atoms with Gasteiger partial charge in [-0.2, -0.15) is 0 Å². The minimum absolute atomic E-state index is 0.0709. The first kappa shape index (κ1) is 29.3. The van der Waals surface area contributed by atoms with Gasteiger partial charge in [0.15, 0.2) is 5.82 Å². The van der Waals surface area contributed by atoms with Gasteiger partial charge in [-0.1, -0.05) is 42.5 Å².